The smallest absolute Gasteiger partial charge is 0.456 e. The minimum Gasteiger partial charge on any atom is -0.456 e. The molecule has 0 aromatic rings. The van der Waals surface area contributed by atoms with Crippen LogP contribution < -0.4 is 5.32 Å². The second-order valence-corrected chi connectivity index (χ2v) is 25.4. The van der Waals surface area contributed by atoms with Crippen molar-refractivity contribution < 1.29 is 37.3 Å². The topological polar surface area (TPSA) is 111 Å². The lowest BCUT2D eigenvalue weighted by atomic mass is 10.0. The Morgan fingerprint density at radius 2 is 0.756 bits per heavy atom. The van der Waals surface area contributed by atoms with Crippen LogP contribution >= 0.6 is 7.82 Å². The number of hydrogen-bond donors (Lipinski definition) is 2. The quantitative estimate of drug-likeness (QED) is 0.0205. The standard InChI is InChI=1S/C72H129N2O7P/c1-7-10-13-16-19-22-25-28-30-32-33-34-35-36-37-38-39-40-41-43-45-47-50-53-56-59-62-65-72(76)81-70(63-60-57-54-51-48-27-24-21-18-15-12-9-3)69(68-80-82(77,78)79-67-66-74(4,5)6)73-71(75)64-61-58-55-52-49-46-44-42-31-29-26-23-20-17-14-11-8-2/h19-20,22-23,28-31,33-34,44,46,52,55,60,63,69-70H,7-18,21,24-27,32,35-43,45,47-51,53-54,56-59,61-62,64-68H2,1-6H3,(H-,73,75,77,78)/p+1/b22-19-,23-20-,30-28-,31-29-,34-33-,46-44-,55-52-,63-60-. The van der Waals surface area contributed by atoms with Gasteiger partial charge in [-0.05, 0) is 109 Å². The van der Waals surface area contributed by atoms with E-state index in [1.807, 2.05) is 33.3 Å². The summed E-state index contributed by atoms with van der Waals surface area (Å²) in [5.74, 6) is -0.569. The fraction of sp³-hybridized carbons (Fsp3) is 0.750. The summed E-state index contributed by atoms with van der Waals surface area (Å²) < 4.78 is 30.7. The number of carbonyl (C=O) groups excluding carboxylic acids is 2. The molecule has 1 amide bonds. The molecule has 0 radical (unpaired) electrons. The van der Waals surface area contributed by atoms with Crippen LogP contribution in [-0.4, -0.2) is 74.3 Å². The van der Waals surface area contributed by atoms with E-state index in [1.165, 1.54) is 180 Å². The average molecular weight is 1170 g/mol. The number of quaternary nitrogens is 1. The van der Waals surface area contributed by atoms with E-state index in [-0.39, 0.29) is 37.9 Å². The van der Waals surface area contributed by atoms with Crippen LogP contribution in [0.3, 0.4) is 0 Å². The van der Waals surface area contributed by atoms with Crippen molar-refractivity contribution >= 4 is 19.7 Å². The third kappa shape index (κ3) is 61.5. The lowest BCUT2D eigenvalue weighted by molar-refractivity contribution is -0.870. The Kier molecular flexibility index (Phi) is 58.7. The molecule has 0 aliphatic rings. The summed E-state index contributed by atoms with van der Waals surface area (Å²) in [7, 11) is 1.46. The molecule has 2 N–H and O–H groups in total. The summed E-state index contributed by atoms with van der Waals surface area (Å²) in [5.41, 5.74) is 0. The molecule has 0 rings (SSSR count). The Labute approximate surface area is 507 Å². The number of likely N-dealkylation sites (N-methyl/N-ethyl adjacent to an activating group) is 1. The predicted molar refractivity (Wildman–Crippen MR) is 355 cm³/mol. The van der Waals surface area contributed by atoms with Gasteiger partial charge in [-0.1, -0.05) is 272 Å². The zero-order chi connectivity index (χ0) is 60.0. The highest BCUT2D eigenvalue weighted by atomic mass is 31.2. The highest BCUT2D eigenvalue weighted by molar-refractivity contribution is 7.47. The van der Waals surface area contributed by atoms with Crippen LogP contribution in [0.15, 0.2) is 97.2 Å². The monoisotopic (exact) mass is 1170 g/mol. The molecular weight excluding hydrogens is 1040 g/mol. The molecule has 0 saturated heterocycles. The second kappa shape index (κ2) is 61.0. The van der Waals surface area contributed by atoms with E-state index >= 15 is 0 Å². The van der Waals surface area contributed by atoms with Crippen LogP contribution in [-0.2, 0) is 27.9 Å². The van der Waals surface area contributed by atoms with Gasteiger partial charge in [0.15, 0.2) is 0 Å². The first-order valence-electron chi connectivity index (χ1n) is 34.1. The Morgan fingerprint density at radius 1 is 0.427 bits per heavy atom. The number of unbranched alkanes of at least 4 members (excludes halogenated alkanes) is 31. The molecule has 10 heteroatoms. The van der Waals surface area contributed by atoms with E-state index in [0.29, 0.717) is 17.4 Å². The van der Waals surface area contributed by atoms with Gasteiger partial charge in [-0.2, -0.15) is 0 Å². The maximum absolute atomic E-state index is 13.5. The molecule has 474 valence electrons. The summed E-state index contributed by atoms with van der Waals surface area (Å²) >= 11 is 0. The molecule has 82 heavy (non-hydrogen) atoms. The molecule has 0 heterocycles. The summed E-state index contributed by atoms with van der Waals surface area (Å²) in [5, 5.41) is 3.03. The van der Waals surface area contributed by atoms with Gasteiger partial charge in [0, 0.05) is 12.8 Å². The third-order valence-corrected chi connectivity index (χ3v) is 15.7. The predicted octanol–water partition coefficient (Wildman–Crippen LogP) is 21.5. The van der Waals surface area contributed by atoms with Crippen molar-refractivity contribution in [3.63, 3.8) is 0 Å². The zero-order valence-electron chi connectivity index (χ0n) is 54.2. The minimum atomic E-state index is -4.47. The number of phosphoric acid groups is 1. The molecule has 0 aromatic heterocycles. The van der Waals surface area contributed by atoms with Crippen molar-refractivity contribution in [3.8, 4) is 0 Å². The van der Waals surface area contributed by atoms with Crippen molar-refractivity contribution in [2.75, 3.05) is 40.9 Å². The van der Waals surface area contributed by atoms with Crippen molar-refractivity contribution in [1.82, 2.24) is 5.32 Å². The third-order valence-electron chi connectivity index (χ3n) is 14.7. The summed E-state index contributed by atoms with van der Waals surface area (Å²) in [6.45, 7) is 6.92. The maximum atomic E-state index is 13.5. The normalized spacial score (nSPS) is 14.2. The summed E-state index contributed by atoms with van der Waals surface area (Å²) in [6, 6.07) is -0.882. The van der Waals surface area contributed by atoms with E-state index in [1.54, 1.807) is 0 Å². The van der Waals surface area contributed by atoms with Crippen LogP contribution in [0.1, 0.15) is 297 Å². The van der Waals surface area contributed by atoms with Crippen LogP contribution in [0, 0.1) is 0 Å². The largest absolute Gasteiger partial charge is 0.472 e. The van der Waals surface area contributed by atoms with Crippen molar-refractivity contribution in [1.29, 1.82) is 0 Å². The van der Waals surface area contributed by atoms with Crippen molar-refractivity contribution in [2.45, 2.75) is 309 Å². The van der Waals surface area contributed by atoms with Crippen LogP contribution in [0.25, 0.3) is 0 Å². The van der Waals surface area contributed by atoms with Gasteiger partial charge in [-0.25, -0.2) is 4.57 Å². The number of amides is 1. The second-order valence-electron chi connectivity index (χ2n) is 24.0. The maximum Gasteiger partial charge on any atom is 0.472 e. The number of ether oxygens (including phenoxy) is 1. The van der Waals surface area contributed by atoms with Crippen LogP contribution in [0.2, 0.25) is 0 Å². The van der Waals surface area contributed by atoms with Crippen molar-refractivity contribution in [3.05, 3.63) is 97.2 Å². The van der Waals surface area contributed by atoms with Gasteiger partial charge >= 0.3 is 13.8 Å². The molecule has 9 nitrogen and oxygen atoms in total. The highest BCUT2D eigenvalue weighted by Gasteiger charge is 2.30. The van der Waals surface area contributed by atoms with E-state index < -0.39 is 20.0 Å². The van der Waals surface area contributed by atoms with E-state index in [2.05, 4.69) is 111 Å². The molecule has 0 fully saturated rings. The molecule has 3 atom stereocenters. The Bertz CT molecular complexity index is 1720. The first kappa shape index (κ1) is 78.9. The first-order chi connectivity index (χ1) is 39.9. The van der Waals surface area contributed by atoms with Gasteiger partial charge in [0.2, 0.25) is 5.91 Å². The number of allylic oxidation sites excluding steroid dienone is 15. The molecule has 0 bridgehead atoms. The zero-order valence-corrected chi connectivity index (χ0v) is 55.1. The Morgan fingerprint density at radius 3 is 1.16 bits per heavy atom. The van der Waals surface area contributed by atoms with Gasteiger partial charge in [0.05, 0.1) is 33.8 Å². The van der Waals surface area contributed by atoms with E-state index in [4.69, 9.17) is 13.8 Å². The number of rotatable bonds is 61. The van der Waals surface area contributed by atoms with Gasteiger partial charge in [-0.3, -0.25) is 18.6 Å². The summed E-state index contributed by atoms with van der Waals surface area (Å²) in [4.78, 5) is 37.8. The molecule has 3 unspecified atom stereocenters. The number of carbonyl (C=O) groups is 2. The molecule has 0 spiro atoms. The van der Waals surface area contributed by atoms with Crippen molar-refractivity contribution in [2.24, 2.45) is 0 Å². The Balaban J connectivity index is 5.12. The molecule has 0 aromatic carbocycles. The SMILES string of the molecule is CCCCC/C=C\C/C=C\C/C=C\C/C=C\CCCC(=O)NC(COP(=O)(O)OCC[N+](C)(C)C)C(/C=C\CCCCCCCCCCCC)OC(=O)CCCCCCCCCCCCCCCC/C=C\C/C=C\C/C=C\CCCCC. The minimum absolute atomic E-state index is 0.0268. The fourth-order valence-corrected chi connectivity index (χ4v) is 10.2. The van der Waals surface area contributed by atoms with Crippen LogP contribution in [0.5, 0.6) is 0 Å². The van der Waals surface area contributed by atoms with Gasteiger partial charge < -0.3 is 19.4 Å². The Hall–Kier alpha value is -3.07. The molecular formula is C72H130N2O7P+. The number of nitrogens with zero attached hydrogens (tertiary/aromatic N) is 1. The summed E-state index contributed by atoms with van der Waals surface area (Å²) in [6.07, 6.45) is 82.8. The lowest BCUT2D eigenvalue weighted by Crippen LogP contribution is -2.47. The van der Waals surface area contributed by atoms with Crippen LogP contribution in [0.4, 0.5) is 0 Å². The number of esters is 1. The molecule has 0 aliphatic carbocycles. The van der Waals surface area contributed by atoms with Gasteiger partial charge in [0.25, 0.3) is 0 Å². The first-order valence-corrected chi connectivity index (χ1v) is 35.6. The number of phosphoric ester groups is 1. The van der Waals surface area contributed by atoms with Gasteiger partial charge in [0.1, 0.15) is 19.3 Å². The number of hydrogen-bond acceptors (Lipinski definition) is 6. The fourth-order valence-electron chi connectivity index (χ4n) is 9.47. The molecule has 0 aliphatic heterocycles. The highest BCUT2D eigenvalue weighted by Crippen LogP contribution is 2.43. The van der Waals surface area contributed by atoms with E-state index in [0.717, 1.165) is 77.0 Å². The van der Waals surface area contributed by atoms with Gasteiger partial charge in [-0.15, -0.1) is 0 Å². The number of nitrogens with one attached hydrogen (secondary N) is 1. The lowest BCUT2D eigenvalue weighted by Gasteiger charge is -2.27. The average Bonchev–Trinajstić information content (AvgIpc) is 3.44. The van der Waals surface area contributed by atoms with E-state index in [9.17, 15) is 19.0 Å². The molecule has 0 saturated carbocycles.